The Balaban J connectivity index is 2.66. The molecular formula is C12H13N5. The Hall–Kier alpha value is -2.43. The lowest BCUT2D eigenvalue weighted by Crippen LogP contribution is -2.00. The van der Waals surface area contributed by atoms with E-state index in [1.165, 1.54) is 12.5 Å². The SMILES string of the molecule is CC(=N)/C(=C\N)c1ccc2ncnc(N)c2c1. The van der Waals surface area contributed by atoms with Crippen LogP contribution in [0.3, 0.4) is 0 Å². The van der Waals surface area contributed by atoms with Crippen LogP contribution in [0.5, 0.6) is 0 Å². The fraction of sp³-hybridized carbons (Fsp3) is 0.0833. The molecule has 0 radical (unpaired) electrons. The molecule has 1 heterocycles. The van der Waals surface area contributed by atoms with Crippen molar-refractivity contribution in [3.63, 3.8) is 0 Å². The number of nitrogens with zero attached hydrogens (tertiary/aromatic N) is 2. The number of nitrogens with one attached hydrogen (secondary N) is 1. The van der Waals surface area contributed by atoms with Gasteiger partial charge in [0.15, 0.2) is 0 Å². The number of hydrogen-bond acceptors (Lipinski definition) is 5. The molecule has 0 bridgehead atoms. The lowest BCUT2D eigenvalue weighted by molar-refractivity contribution is 1.23. The molecule has 0 aliphatic rings. The van der Waals surface area contributed by atoms with Crippen LogP contribution in [0.4, 0.5) is 5.82 Å². The Morgan fingerprint density at radius 3 is 2.76 bits per heavy atom. The summed E-state index contributed by atoms with van der Waals surface area (Å²) in [5, 5.41) is 8.41. The third kappa shape index (κ3) is 1.94. The number of hydrogen-bond donors (Lipinski definition) is 3. The standard InChI is InChI=1S/C12H13N5/c1-7(14)10(5-13)8-2-3-11-9(4-8)12(15)17-6-16-11/h2-6,14H,13H2,1H3,(H2,15,16,17)/b10-5+,14-7?. The van der Waals surface area contributed by atoms with Crippen molar-refractivity contribution in [2.45, 2.75) is 6.92 Å². The first-order chi connectivity index (χ1) is 8.13. The van der Waals surface area contributed by atoms with Gasteiger partial charge in [-0.2, -0.15) is 0 Å². The van der Waals surface area contributed by atoms with E-state index in [4.69, 9.17) is 16.9 Å². The van der Waals surface area contributed by atoms with Crippen molar-refractivity contribution in [2.75, 3.05) is 5.73 Å². The second kappa shape index (κ2) is 4.21. The van der Waals surface area contributed by atoms with Crippen molar-refractivity contribution >= 4 is 28.0 Å². The van der Waals surface area contributed by atoms with Gasteiger partial charge in [0.25, 0.3) is 0 Å². The van der Waals surface area contributed by atoms with E-state index in [-0.39, 0.29) is 0 Å². The molecule has 5 heteroatoms. The van der Waals surface area contributed by atoms with Crippen molar-refractivity contribution in [1.29, 1.82) is 5.41 Å². The van der Waals surface area contributed by atoms with Crippen molar-refractivity contribution in [3.8, 4) is 0 Å². The summed E-state index contributed by atoms with van der Waals surface area (Å²) in [6, 6.07) is 5.56. The monoisotopic (exact) mass is 227 g/mol. The fourth-order valence-corrected chi connectivity index (χ4v) is 1.68. The number of aromatic nitrogens is 2. The van der Waals surface area contributed by atoms with Gasteiger partial charge in [0.2, 0.25) is 0 Å². The second-order valence-corrected chi connectivity index (χ2v) is 3.70. The second-order valence-electron chi connectivity index (χ2n) is 3.70. The minimum absolute atomic E-state index is 0.405. The molecule has 17 heavy (non-hydrogen) atoms. The van der Waals surface area contributed by atoms with Gasteiger partial charge in [-0.25, -0.2) is 9.97 Å². The van der Waals surface area contributed by atoms with E-state index < -0.39 is 0 Å². The van der Waals surface area contributed by atoms with Crippen molar-refractivity contribution < 1.29 is 0 Å². The van der Waals surface area contributed by atoms with E-state index in [1.807, 2.05) is 18.2 Å². The Kier molecular flexibility index (Phi) is 2.74. The van der Waals surface area contributed by atoms with Crippen LogP contribution in [0.15, 0.2) is 30.7 Å². The third-order valence-corrected chi connectivity index (χ3v) is 2.55. The number of anilines is 1. The Bertz CT molecular complexity index is 615. The summed E-state index contributed by atoms with van der Waals surface area (Å²) >= 11 is 0. The highest BCUT2D eigenvalue weighted by Crippen LogP contribution is 2.22. The molecule has 0 aliphatic carbocycles. The number of allylic oxidation sites excluding steroid dienone is 1. The van der Waals surface area contributed by atoms with E-state index in [2.05, 4.69) is 9.97 Å². The number of rotatable bonds is 2. The largest absolute Gasteiger partial charge is 0.404 e. The molecule has 0 unspecified atom stereocenters. The molecule has 5 nitrogen and oxygen atoms in total. The first-order valence-electron chi connectivity index (χ1n) is 5.11. The molecule has 0 amide bonds. The van der Waals surface area contributed by atoms with Gasteiger partial charge in [-0.05, 0) is 24.6 Å². The van der Waals surface area contributed by atoms with Gasteiger partial charge in [0.1, 0.15) is 12.1 Å². The van der Waals surface area contributed by atoms with Crippen LogP contribution in [0, 0.1) is 5.41 Å². The van der Waals surface area contributed by atoms with Gasteiger partial charge < -0.3 is 16.9 Å². The van der Waals surface area contributed by atoms with Crippen LogP contribution < -0.4 is 11.5 Å². The fourth-order valence-electron chi connectivity index (χ4n) is 1.68. The molecule has 0 fully saturated rings. The predicted molar refractivity (Wildman–Crippen MR) is 69.5 cm³/mol. The highest BCUT2D eigenvalue weighted by atomic mass is 14.9. The number of nitrogens with two attached hydrogens (primary N) is 2. The van der Waals surface area contributed by atoms with Crippen LogP contribution in [0.2, 0.25) is 0 Å². The third-order valence-electron chi connectivity index (χ3n) is 2.55. The summed E-state index contributed by atoms with van der Waals surface area (Å²) in [4.78, 5) is 8.06. The zero-order chi connectivity index (χ0) is 12.4. The van der Waals surface area contributed by atoms with E-state index >= 15 is 0 Å². The number of nitrogen functional groups attached to an aromatic ring is 1. The van der Waals surface area contributed by atoms with Gasteiger partial charge in [0, 0.05) is 22.9 Å². The molecule has 0 aliphatic heterocycles. The quantitative estimate of drug-likeness (QED) is 0.677. The lowest BCUT2D eigenvalue weighted by Gasteiger charge is -2.07. The summed E-state index contributed by atoms with van der Waals surface area (Å²) in [6.07, 6.45) is 2.85. The predicted octanol–water partition coefficient (Wildman–Crippen LogP) is 1.55. The van der Waals surface area contributed by atoms with Crippen molar-refractivity contribution in [2.24, 2.45) is 5.73 Å². The van der Waals surface area contributed by atoms with E-state index in [9.17, 15) is 0 Å². The molecule has 2 rings (SSSR count). The summed E-state index contributed by atoms with van der Waals surface area (Å²) in [5.41, 5.74) is 14.0. The van der Waals surface area contributed by atoms with Gasteiger partial charge in [-0.15, -0.1) is 0 Å². The van der Waals surface area contributed by atoms with E-state index in [0.717, 1.165) is 16.5 Å². The molecule has 2 aromatic rings. The molecule has 1 aromatic heterocycles. The summed E-state index contributed by atoms with van der Waals surface area (Å²) in [5.74, 6) is 0.427. The number of fused-ring (bicyclic) bond motifs is 1. The van der Waals surface area contributed by atoms with Crippen LogP contribution in [0.1, 0.15) is 12.5 Å². The van der Waals surface area contributed by atoms with Crippen LogP contribution in [0.25, 0.3) is 16.5 Å². The average Bonchev–Trinajstić information content (AvgIpc) is 2.30. The molecule has 86 valence electrons. The zero-order valence-electron chi connectivity index (χ0n) is 9.44. The molecular weight excluding hydrogens is 214 g/mol. The normalized spacial score (nSPS) is 11.7. The lowest BCUT2D eigenvalue weighted by atomic mass is 10.0. The Morgan fingerprint density at radius 2 is 2.12 bits per heavy atom. The summed E-state index contributed by atoms with van der Waals surface area (Å²) in [6.45, 7) is 1.69. The van der Waals surface area contributed by atoms with Crippen molar-refractivity contribution in [1.82, 2.24) is 9.97 Å². The molecule has 1 aromatic carbocycles. The summed E-state index contributed by atoms with van der Waals surface area (Å²) in [7, 11) is 0. The molecule has 0 spiro atoms. The van der Waals surface area contributed by atoms with Crippen LogP contribution in [-0.4, -0.2) is 15.7 Å². The van der Waals surface area contributed by atoms with E-state index in [1.54, 1.807) is 6.92 Å². The number of benzene rings is 1. The van der Waals surface area contributed by atoms with Gasteiger partial charge in [-0.1, -0.05) is 6.07 Å². The van der Waals surface area contributed by atoms with Crippen molar-refractivity contribution in [3.05, 3.63) is 36.3 Å². The van der Waals surface area contributed by atoms with Crippen LogP contribution in [-0.2, 0) is 0 Å². The Morgan fingerprint density at radius 1 is 1.35 bits per heavy atom. The summed E-state index contributed by atoms with van der Waals surface area (Å²) < 4.78 is 0. The average molecular weight is 227 g/mol. The zero-order valence-corrected chi connectivity index (χ0v) is 9.44. The van der Waals surface area contributed by atoms with Crippen LogP contribution >= 0.6 is 0 Å². The molecule has 0 saturated heterocycles. The first-order valence-corrected chi connectivity index (χ1v) is 5.11. The minimum Gasteiger partial charge on any atom is -0.404 e. The van der Waals surface area contributed by atoms with E-state index in [0.29, 0.717) is 17.1 Å². The Labute approximate surface area is 98.7 Å². The molecule has 0 atom stereocenters. The van der Waals surface area contributed by atoms with Gasteiger partial charge in [-0.3, -0.25) is 0 Å². The maximum absolute atomic E-state index is 7.64. The topological polar surface area (TPSA) is 102 Å². The maximum Gasteiger partial charge on any atom is 0.134 e. The van der Waals surface area contributed by atoms with Gasteiger partial charge >= 0.3 is 0 Å². The molecule has 0 saturated carbocycles. The maximum atomic E-state index is 7.64. The highest BCUT2D eigenvalue weighted by molar-refractivity contribution is 6.21. The minimum atomic E-state index is 0.405. The molecule has 5 N–H and O–H groups in total. The smallest absolute Gasteiger partial charge is 0.134 e. The van der Waals surface area contributed by atoms with Gasteiger partial charge in [0.05, 0.1) is 5.52 Å². The first kappa shape index (κ1) is 11.1. The highest BCUT2D eigenvalue weighted by Gasteiger charge is 2.06.